The highest BCUT2D eigenvalue weighted by molar-refractivity contribution is 6.33. The van der Waals surface area contributed by atoms with Gasteiger partial charge in [-0.2, -0.15) is 0 Å². The van der Waals surface area contributed by atoms with E-state index in [2.05, 4.69) is 15.4 Å². The van der Waals surface area contributed by atoms with Crippen molar-refractivity contribution in [2.45, 2.75) is 31.4 Å². The third-order valence-corrected chi connectivity index (χ3v) is 4.61. The average Bonchev–Trinajstić information content (AvgIpc) is 2.61. The van der Waals surface area contributed by atoms with E-state index in [1.54, 1.807) is 6.07 Å². The molecule has 1 fully saturated rings. The van der Waals surface area contributed by atoms with Gasteiger partial charge in [-0.1, -0.05) is 35.9 Å². The van der Waals surface area contributed by atoms with Crippen LogP contribution in [0.2, 0.25) is 5.02 Å². The molecule has 1 saturated heterocycles. The fourth-order valence-corrected chi connectivity index (χ4v) is 3.30. The summed E-state index contributed by atoms with van der Waals surface area (Å²) in [5, 5.41) is 5.72. The van der Waals surface area contributed by atoms with Crippen LogP contribution in [0.15, 0.2) is 42.5 Å². The van der Waals surface area contributed by atoms with Gasteiger partial charge in [-0.25, -0.2) is 4.39 Å². The van der Waals surface area contributed by atoms with Crippen LogP contribution in [-0.4, -0.2) is 31.0 Å². The summed E-state index contributed by atoms with van der Waals surface area (Å²) in [6, 6.07) is 9.40. The average molecular weight is 417 g/mol. The van der Waals surface area contributed by atoms with Crippen molar-refractivity contribution in [3.63, 3.8) is 0 Å². The molecule has 0 saturated carbocycles. The van der Waals surface area contributed by atoms with Gasteiger partial charge >= 0.3 is 6.36 Å². The molecule has 2 aromatic rings. The summed E-state index contributed by atoms with van der Waals surface area (Å²) < 4.78 is 55.4. The van der Waals surface area contributed by atoms with E-state index in [-0.39, 0.29) is 22.8 Å². The molecule has 150 valence electrons. The molecule has 28 heavy (non-hydrogen) atoms. The van der Waals surface area contributed by atoms with E-state index in [1.165, 1.54) is 36.4 Å². The highest BCUT2D eigenvalue weighted by atomic mass is 35.5. The van der Waals surface area contributed by atoms with Gasteiger partial charge in [0.15, 0.2) is 0 Å². The van der Waals surface area contributed by atoms with Gasteiger partial charge in [0.2, 0.25) is 5.91 Å². The van der Waals surface area contributed by atoms with Crippen LogP contribution in [0.25, 0.3) is 11.1 Å². The second-order valence-electron chi connectivity index (χ2n) is 6.36. The zero-order valence-electron chi connectivity index (χ0n) is 14.5. The lowest BCUT2D eigenvalue weighted by Crippen LogP contribution is -2.46. The molecule has 1 aliphatic rings. The third-order valence-electron chi connectivity index (χ3n) is 4.30. The maximum atomic E-state index is 13.5. The number of rotatable bonds is 4. The SMILES string of the molecule is O=C(Nc1ccc(-c2ccccc2OC(F)(F)F)c(Cl)c1)C1C[C@H](F)CCN1. The Hall–Kier alpha value is -2.32. The molecule has 0 bridgehead atoms. The Morgan fingerprint density at radius 2 is 1.93 bits per heavy atom. The van der Waals surface area contributed by atoms with Crippen molar-refractivity contribution >= 4 is 23.2 Å². The summed E-state index contributed by atoms with van der Waals surface area (Å²) in [7, 11) is 0. The molecule has 2 N–H and O–H groups in total. The van der Waals surface area contributed by atoms with Crippen LogP contribution in [-0.2, 0) is 4.79 Å². The summed E-state index contributed by atoms with van der Waals surface area (Å²) in [6.45, 7) is 0.412. The zero-order chi connectivity index (χ0) is 20.3. The number of hydrogen-bond donors (Lipinski definition) is 2. The highest BCUT2D eigenvalue weighted by Crippen LogP contribution is 2.38. The fraction of sp³-hybridized carbons (Fsp3) is 0.316. The first kappa shape index (κ1) is 20.4. The number of alkyl halides is 4. The van der Waals surface area contributed by atoms with Gasteiger partial charge in [0.05, 0.1) is 11.1 Å². The second kappa shape index (κ2) is 8.36. The number of nitrogens with one attached hydrogen (secondary N) is 2. The number of anilines is 1. The molecule has 3 rings (SSSR count). The van der Waals surface area contributed by atoms with E-state index in [4.69, 9.17) is 11.6 Å². The lowest BCUT2D eigenvalue weighted by atomic mass is 10.0. The predicted octanol–water partition coefficient (Wildman–Crippen LogP) is 4.93. The topological polar surface area (TPSA) is 50.4 Å². The largest absolute Gasteiger partial charge is 0.573 e. The van der Waals surface area contributed by atoms with Gasteiger partial charge in [0.1, 0.15) is 11.9 Å². The monoisotopic (exact) mass is 416 g/mol. The molecule has 0 aliphatic carbocycles. The Balaban J connectivity index is 1.79. The van der Waals surface area contributed by atoms with Crippen LogP contribution in [0.1, 0.15) is 12.8 Å². The first-order chi connectivity index (χ1) is 13.2. The number of ether oxygens (including phenoxy) is 1. The minimum absolute atomic E-state index is 0.0831. The van der Waals surface area contributed by atoms with Gasteiger partial charge in [-0.3, -0.25) is 4.79 Å². The van der Waals surface area contributed by atoms with Crippen LogP contribution >= 0.6 is 11.6 Å². The van der Waals surface area contributed by atoms with Crippen molar-refractivity contribution in [2.75, 3.05) is 11.9 Å². The molecule has 0 aromatic heterocycles. The van der Waals surface area contributed by atoms with Gasteiger partial charge in [-0.15, -0.1) is 13.2 Å². The molecule has 9 heteroatoms. The normalized spacial score (nSPS) is 19.9. The van der Waals surface area contributed by atoms with Crippen molar-refractivity contribution in [2.24, 2.45) is 0 Å². The fourth-order valence-electron chi connectivity index (χ4n) is 3.01. The maximum absolute atomic E-state index is 13.5. The first-order valence-corrected chi connectivity index (χ1v) is 8.94. The molecule has 2 atom stereocenters. The van der Waals surface area contributed by atoms with E-state index in [0.717, 1.165) is 0 Å². The van der Waals surface area contributed by atoms with Crippen molar-refractivity contribution in [3.8, 4) is 16.9 Å². The number of hydrogen-bond acceptors (Lipinski definition) is 3. The predicted molar refractivity (Wildman–Crippen MR) is 98.1 cm³/mol. The summed E-state index contributed by atoms with van der Waals surface area (Å²) in [6.07, 6.45) is -5.42. The van der Waals surface area contributed by atoms with E-state index in [9.17, 15) is 22.4 Å². The van der Waals surface area contributed by atoms with E-state index in [1.807, 2.05) is 0 Å². The Labute approximate surface area is 163 Å². The van der Waals surface area contributed by atoms with Gasteiger partial charge in [0.25, 0.3) is 0 Å². The Kier molecular flexibility index (Phi) is 6.10. The molecule has 4 nitrogen and oxygen atoms in total. The van der Waals surface area contributed by atoms with Crippen molar-refractivity contribution in [1.82, 2.24) is 5.32 Å². The van der Waals surface area contributed by atoms with Crippen molar-refractivity contribution in [3.05, 3.63) is 47.5 Å². The summed E-state index contributed by atoms with van der Waals surface area (Å²) in [5.74, 6) is -0.777. The van der Waals surface area contributed by atoms with Crippen LogP contribution in [0, 0.1) is 0 Å². The van der Waals surface area contributed by atoms with Crippen LogP contribution < -0.4 is 15.4 Å². The van der Waals surface area contributed by atoms with Crippen LogP contribution in [0.4, 0.5) is 23.2 Å². The molecule has 0 spiro atoms. The molecule has 2 aromatic carbocycles. The minimum Gasteiger partial charge on any atom is -0.405 e. The van der Waals surface area contributed by atoms with Gasteiger partial charge < -0.3 is 15.4 Å². The first-order valence-electron chi connectivity index (χ1n) is 8.56. The number of benzene rings is 2. The van der Waals surface area contributed by atoms with Gasteiger partial charge in [-0.05, 0) is 31.2 Å². The Bertz CT molecular complexity index is 860. The number of carbonyl (C=O) groups excluding carboxylic acids is 1. The van der Waals surface area contributed by atoms with Crippen molar-refractivity contribution < 1.29 is 27.1 Å². The summed E-state index contributed by atoms with van der Waals surface area (Å²) >= 11 is 6.24. The molecular weight excluding hydrogens is 400 g/mol. The third kappa shape index (κ3) is 5.14. The quantitative estimate of drug-likeness (QED) is 0.694. The molecule has 0 radical (unpaired) electrons. The molecular formula is C19H17ClF4N2O2. The van der Waals surface area contributed by atoms with Crippen LogP contribution in [0.3, 0.4) is 0 Å². The second-order valence-corrected chi connectivity index (χ2v) is 6.76. The maximum Gasteiger partial charge on any atom is 0.573 e. The number of carbonyl (C=O) groups is 1. The number of amides is 1. The Morgan fingerprint density at radius 1 is 1.18 bits per heavy atom. The molecule has 1 heterocycles. The standard InChI is InChI=1S/C19H17ClF4N2O2/c20-15-10-12(26-18(27)16-9-11(21)7-8-25-16)5-6-13(15)14-3-1-2-4-17(14)28-19(22,23)24/h1-6,10-11,16,25H,7-9H2,(H,26,27)/t11-,16?/m1/s1. The number of halogens is 5. The molecule has 1 aliphatic heterocycles. The minimum atomic E-state index is -4.84. The summed E-state index contributed by atoms with van der Waals surface area (Å²) in [5.41, 5.74) is 0.840. The summed E-state index contributed by atoms with van der Waals surface area (Å²) in [4.78, 5) is 12.3. The zero-order valence-corrected chi connectivity index (χ0v) is 15.3. The van der Waals surface area contributed by atoms with E-state index in [0.29, 0.717) is 24.2 Å². The smallest absolute Gasteiger partial charge is 0.405 e. The van der Waals surface area contributed by atoms with Crippen LogP contribution in [0.5, 0.6) is 5.75 Å². The van der Waals surface area contributed by atoms with Crippen molar-refractivity contribution in [1.29, 1.82) is 0 Å². The number of para-hydroxylation sites is 1. The highest BCUT2D eigenvalue weighted by Gasteiger charge is 2.32. The lowest BCUT2D eigenvalue weighted by Gasteiger charge is -2.25. The van der Waals surface area contributed by atoms with Gasteiger partial charge in [0, 0.05) is 23.2 Å². The number of piperidine rings is 1. The molecule has 1 unspecified atom stereocenters. The van der Waals surface area contributed by atoms with E-state index < -0.39 is 24.5 Å². The Morgan fingerprint density at radius 3 is 2.61 bits per heavy atom. The lowest BCUT2D eigenvalue weighted by molar-refractivity contribution is -0.274. The van der Waals surface area contributed by atoms with E-state index >= 15 is 0 Å². The molecule has 1 amide bonds.